The van der Waals surface area contributed by atoms with Crippen LogP contribution in [0.4, 0.5) is 5.69 Å². The van der Waals surface area contributed by atoms with Gasteiger partial charge in [0.15, 0.2) is 11.5 Å². The fourth-order valence-corrected chi connectivity index (χ4v) is 4.44. The van der Waals surface area contributed by atoms with E-state index in [1.165, 1.54) is 0 Å². The smallest absolute Gasteiger partial charge is 0.231 e. The van der Waals surface area contributed by atoms with E-state index < -0.39 is 5.92 Å². The summed E-state index contributed by atoms with van der Waals surface area (Å²) in [6.07, 6.45) is 0.187. The number of carbonyl (C=O) groups excluding carboxylic acids is 2. The van der Waals surface area contributed by atoms with E-state index in [4.69, 9.17) is 9.47 Å². The molecule has 1 N–H and O–H groups in total. The zero-order valence-corrected chi connectivity index (χ0v) is 16.9. The third-order valence-corrected chi connectivity index (χ3v) is 6.12. The van der Waals surface area contributed by atoms with Crippen molar-refractivity contribution in [3.63, 3.8) is 0 Å². The maximum atomic E-state index is 12.6. The Morgan fingerprint density at radius 3 is 2.87 bits per heavy atom. The van der Waals surface area contributed by atoms with Gasteiger partial charge in [-0.05, 0) is 12.1 Å². The molecule has 0 spiro atoms. The first-order chi connectivity index (χ1) is 14.7. The van der Waals surface area contributed by atoms with Crippen LogP contribution >= 0.6 is 11.3 Å². The van der Waals surface area contributed by atoms with Gasteiger partial charge in [0.25, 0.3) is 0 Å². The maximum absolute atomic E-state index is 12.6. The second kappa shape index (κ2) is 7.79. The van der Waals surface area contributed by atoms with E-state index in [-0.39, 0.29) is 25.0 Å². The predicted molar refractivity (Wildman–Crippen MR) is 112 cm³/mol. The lowest BCUT2D eigenvalue weighted by Crippen LogP contribution is -2.32. The molecule has 2 aromatic carbocycles. The highest BCUT2D eigenvalue weighted by molar-refractivity contribution is 7.13. The van der Waals surface area contributed by atoms with Gasteiger partial charge in [-0.25, -0.2) is 4.98 Å². The van der Waals surface area contributed by atoms with Crippen LogP contribution in [-0.2, 0) is 16.1 Å². The molecule has 3 heterocycles. The molecule has 2 aliphatic heterocycles. The molecule has 7 nitrogen and oxygen atoms in total. The molecule has 0 saturated carbocycles. The highest BCUT2D eigenvalue weighted by atomic mass is 32.1. The Morgan fingerprint density at radius 1 is 1.17 bits per heavy atom. The molecule has 2 aliphatic rings. The number of benzene rings is 2. The second-order valence-corrected chi connectivity index (χ2v) is 8.03. The molecule has 0 radical (unpaired) electrons. The number of hydrogen-bond acceptors (Lipinski definition) is 6. The fourth-order valence-electron chi connectivity index (χ4n) is 3.61. The summed E-state index contributed by atoms with van der Waals surface area (Å²) in [5.41, 5.74) is 2.58. The van der Waals surface area contributed by atoms with Crippen LogP contribution in [0.1, 0.15) is 12.1 Å². The van der Waals surface area contributed by atoms with Crippen LogP contribution in [0.5, 0.6) is 11.5 Å². The Bertz CT molecular complexity index is 1100. The molecule has 8 heteroatoms. The molecule has 2 amide bonds. The fraction of sp³-hybridized carbons (Fsp3) is 0.227. The molecular formula is C22H19N3O4S. The molecular weight excluding hydrogens is 402 g/mol. The zero-order chi connectivity index (χ0) is 20.5. The van der Waals surface area contributed by atoms with Gasteiger partial charge >= 0.3 is 0 Å². The van der Waals surface area contributed by atoms with Gasteiger partial charge in [-0.2, -0.15) is 0 Å². The monoisotopic (exact) mass is 421 g/mol. The molecule has 5 rings (SSSR count). The molecule has 1 saturated heterocycles. The first-order valence-corrected chi connectivity index (χ1v) is 10.5. The van der Waals surface area contributed by atoms with E-state index >= 15 is 0 Å². The first kappa shape index (κ1) is 18.6. The summed E-state index contributed by atoms with van der Waals surface area (Å²) in [6.45, 7) is 0.869. The van der Waals surface area contributed by atoms with Gasteiger partial charge in [0.05, 0.1) is 18.2 Å². The third-order valence-electron chi connectivity index (χ3n) is 5.18. The molecule has 152 valence electrons. The molecule has 1 atom stereocenters. The quantitative estimate of drug-likeness (QED) is 0.684. The zero-order valence-electron chi connectivity index (χ0n) is 16.0. The molecule has 0 aliphatic carbocycles. The molecule has 1 aromatic heterocycles. The number of amides is 2. The van der Waals surface area contributed by atoms with Crippen molar-refractivity contribution in [2.45, 2.75) is 13.0 Å². The Kier molecular flexibility index (Phi) is 4.84. The number of carbonyl (C=O) groups is 2. The van der Waals surface area contributed by atoms with Crippen molar-refractivity contribution >= 4 is 28.8 Å². The highest BCUT2D eigenvalue weighted by Crippen LogP contribution is 2.37. The number of rotatable bonds is 5. The van der Waals surface area contributed by atoms with Crippen molar-refractivity contribution in [1.29, 1.82) is 0 Å². The maximum Gasteiger partial charge on any atom is 0.231 e. The molecule has 0 bridgehead atoms. The van der Waals surface area contributed by atoms with Crippen LogP contribution < -0.4 is 19.7 Å². The molecule has 3 aromatic rings. The summed E-state index contributed by atoms with van der Waals surface area (Å²) < 4.78 is 10.7. The first-order valence-electron chi connectivity index (χ1n) is 9.65. The van der Waals surface area contributed by atoms with E-state index in [1.807, 2.05) is 41.8 Å². The summed E-state index contributed by atoms with van der Waals surface area (Å²) in [5, 5.41) is 5.79. The van der Waals surface area contributed by atoms with E-state index in [0.717, 1.165) is 16.3 Å². The van der Waals surface area contributed by atoms with Gasteiger partial charge in [-0.3, -0.25) is 9.59 Å². The number of aromatic nitrogens is 1. The van der Waals surface area contributed by atoms with Crippen molar-refractivity contribution in [2.75, 3.05) is 18.2 Å². The summed E-state index contributed by atoms with van der Waals surface area (Å²) in [4.78, 5) is 31.4. The van der Waals surface area contributed by atoms with Crippen LogP contribution in [-0.4, -0.2) is 30.1 Å². The second-order valence-electron chi connectivity index (χ2n) is 7.17. The Morgan fingerprint density at radius 2 is 2.00 bits per heavy atom. The normalized spacial score (nSPS) is 17.4. The number of anilines is 1. The molecule has 30 heavy (non-hydrogen) atoms. The number of fused-ring (bicyclic) bond motifs is 1. The highest BCUT2D eigenvalue weighted by Gasteiger charge is 2.35. The SMILES string of the molecule is O=C(NCc1csc(-c2ccccc2)n1)[C@H]1CC(=O)N(c2ccc3c(c2)OCO3)C1. The summed E-state index contributed by atoms with van der Waals surface area (Å²) in [6, 6.07) is 15.3. The van der Waals surface area contributed by atoms with Crippen molar-refractivity contribution < 1.29 is 19.1 Å². The summed E-state index contributed by atoms with van der Waals surface area (Å²) in [5.74, 6) is 0.675. The minimum Gasteiger partial charge on any atom is -0.454 e. The third kappa shape index (κ3) is 3.61. The van der Waals surface area contributed by atoms with Crippen LogP contribution in [0.25, 0.3) is 10.6 Å². The van der Waals surface area contributed by atoms with Crippen molar-refractivity contribution in [2.24, 2.45) is 5.92 Å². The number of hydrogen-bond donors (Lipinski definition) is 1. The number of nitrogens with zero attached hydrogens (tertiary/aromatic N) is 2. The van der Waals surface area contributed by atoms with Crippen LogP contribution in [0.2, 0.25) is 0 Å². The van der Waals surface area contributed by atoms with Gasteiger partial charge in [0.1, 0.15) is 5.01 Å². The topological polar surface area (TPSA) is 80.8 Å². The summed E-state index contributed by atoms with van der Waals surface area (Å²) >= 11 is 1.55. The average molecular weight is 421 g/mol. The minimum atomic E-state index is -0.393. The molecule has 1 fully saturated rings. The minimum absolute atomic E-state index is 0.0750. The largest absolute Gasteiger partial charge is 0.454 e. The molecule has 0 unspecified atom stereocenters. The Labute approximate surface area is 177 Å². The van der Waals surface area contributed by atoms with Crippen molar-refractivity contribution in [3.05, 3.63) is 59.6 Å². The number of ether oxygens (including phenoxy) is 2. The van der Waals surface area contributed by atoms with E-state index in [2.05, 4.69) is 10.3 Å². The van der Waals surface area contributed by atoms with Crippen molar-refractivity contribution in [3.8, 4) is 22.1 Å². The van der Waals surface area contributed by atoms with Gasteiger partial charge in [0.2, 0.25) is 18.6 Å². The lowest BCUT2D eigenvalue weighted by Gasteiger charge is -2.17. The van der Waals surface area contributed by atoms with Crippen LogP contribution in [0, 0.1) is 5.92 Å². The summed E-state index contributed by atoms with van der Waals surface area (Å²) in [7, 11) is 0. The van der Waals surface area contributed by atoms with Gasteiger partial charge in [-0.15, -0.1) is 11.3 Å². The lowest BCUT2D eigenvalue weighted by atomic mass is 10.1. The van der Waals surface area contributed by atoms with Crippen molar-refractivity contribution in [1.82, 2.24) is 10.3 Å². The number of thiazole rings is 1. The van der Waals surface area contributed by atoms with E-state index in [9.17, 15) is 9.59 Å². The number of nitrogens with one attached hydrogen (secondary N) is 1. The Balaban J connectivity index is 1.20. The van der Waals surface area contributed by atoms with Gasteiger partial charge in [-0.1, -0.05) is 30.3 Å². The van der Waals surface area contributed by atoms with E-state index in [0.29, 0.717) is 30.3 Å². The van der Waals surface area contributed by atoms with Crippen LogP contribution in [0.3, 0.4) is 0 Å². The predicted octanol–water partition coefficient (Wildman–Crippen LogP) is 3.21. The van der Waals surface area contributed by atoms with Gasteiger partial charge < -0.3 is 19.7 Å². The standard InChI is InChI=1S/C22H19N3O4S/c26-20-8-15(11-25(20)17-6-7-18-19(9-17)29-13-28-18)21(27)23-10-16-12-30-22(24-16)14-4-2-1-3-5-14/h1-7,9,12,15H,8,10-11,13H2,(H,23,27)/t15-/m0/s1. The van der Waals surface area contributed by atoms with E-state index in [1.54, 1.807) is 28.4 Å². The lowest BCUT2D eigenvalue weighted by molar-refractivity contribution is -0.126. The average Bonchev–Trinajstić information content (AvgIpc) is 3.51. The Hall–Kier alpha value is -3.39. The van der Waals surface area contributed by atoms with Crippen LogP contribution in [0.15, 0.2) is 53.9 Å². The van der Waals surface area contributed by atoms with Gasteiger partial charge in [0, 0.05) is 35.7 Å².